The van der Waals surface area contributed by atoms with Crippen LogP contribution in [-0.2, 0) is 11.2 Å². The smallest absolute Gasteiger partial charge is 0.254 e. The number of fused-ring (bicyclic) bond motifs is 3. The molecule has 25 heavy (non-hydrogen) atoms. The SMILES string of the molecule is CC(=O)Nc1cccc(C(=O)N2CCN3c4ccccc4CC3C2)c1. The molecule has 2 aromatic rings. The molecular formula is C20H21N3O2. The van der Waals surface area contributed by atoms with Crippen molar-refractivity contribution in [2.75, 3.05) is 29.9 Å². The van der Waals surface area contributed by atoms with Gasteiger partial charge >= 0.3 is 0 Å². The van der Waals surface area contributed by atoms with Crippen LogP contribution in [0.2, 0.25) is 0 Å². The maximum atomic E-state index is 12.9. The molecule has 128 valence electrons. The highest BCUT2D eigenvalue weighted by molar-refractivity contribution is 5.97. The molecule has 0 aliphatic carbocycles. The van der Waals surface area contributed by atoms with Gasteiger partial charge in [-0.25, -0.2) is 0 Å². The van der Waals surface area contributed by atoms with Gasteiger partial charge in [-0.2, -0.15) is 0 Å². The van der Waals surface area contributed by atoms with Crippen molar-refractivity contribution in [3.63, 3.8) is 0 Å². The van der Waals surface area contributed by atoms with E-state index >= 15 is 0 Å². The average Bonchev–Trinajstić information content (AvgIpc) is 2.98. The first-order chi connectivity index (χ1) is 12.1. The van der Waals surface area contributed by atoms with E-state index in [-0.39, 0.29) is 11.8 Å². The normalized spacial score (nSPS) is 18.5. The van der Waals surface area contributed by atoms with E-state index in [1.54, 1.807) is 18.2 Å². The lowest BCUT2D eigenvalue weighted by Crippen LogP contribution is -2.53. The van der Waals surface area contributed by atoms with Crippen LogP contribution in [0.15, 0.2) is 48.5 Å². The number of carbonyl (C=O) groups excluding carboxylic acids is 2. The molecule has 0 aromatic heterocycles. The Bertz CT molecular complexity index is 833. The lowest BCUT2D eigenvalue weighted by atomic mass is 10.1. The lowest BCUT2D eigenvalue weighted by molar-refractivity contribution is -0.114. The van der Waals surface area contributed by atoms with Crippen LogP contribution < -0.4 is 10.2 Å². The number of amides is 2. The number of benzene rings is 2. The first-order valence-electron chi connectivity index (χ1n) is 8.63. The number of anilines is 2. The molecule has 0 bridgehead atoms. The number of rotatable bonds is 2. The Labute approximate surface area is 147 Å². The van der Waals surface area contributed by atoms with Crippen LogP contribution >= 0.6 is 0 Å². The number of carbonyl (C=O) groups is 2. The van der Waals surface area contributed by atoms with Gasteiger partial charge in [0.1, 0.15) is 0 Å². The predicted molar refractivity (Wildman–Crippen MR) is 97.9 cm³/mol. The van der Waals surface area contributed by atoms with Gasteiger partial charge < -0.3 is 15.1 Å². The number of nitrogens with one attached hydrogen (secondary N) is 1. The number of nitrogens with zero attached hydrogens (tertiary/aromatic N) is 2. The zero-order valence-corrected chi connectivity index (χ0v) is 14.2. The van der Waals surface area contributed by atoms with Crippen LogP contribution in [0.3, 0.4) is 0 Å². The summed E-state index contributed by atoms with van der Waals surface area (Å²) >= 11 is 0. The quantitative estimate of drug-likeness (QED) is 0.917. The van der Waals surface area contributed by atoms with Crippen LogP contribution in [0.5, 0.6) is 0 Å². The molecular weight excluding hydrogens is 314 g/mol. The van der Waals surface area contributed by atoms with E-state index in [0.29, 0.717) is 23.8 Å². The summed E-state index contributed by atoms with van der Waals surface area (Å²) in [6.45, 7) is 3.77. The molecule has 5 nitrogen and oxygen atoms in total. The Morgan fingerprint density at radius 2 is 1.92 bits per heavy atom. The minimum atomic E-state index is -0.137. The molecule has 0 radical (unpaired) electrons. The second kappa shape index (κ2) is 6.24. The van der Waals surface area contributed by atoms with Crippen molar-refractivity contribution in [3.8, 4) is 0 Å². The Hall–Kier alpha value is -2.82. The van der Waals surface area contributed by atoms with Gasteiger partial charge in [0, 0.05) is 43.5 Å². The van der Waals surface area contributed by atoms with Crippen LogP contribution in [0.1, 0.15) is 22.8 Å². The summed E-state index contributed by atoms with van der Waals surface area (Å²) in [6.07, 6.45) is 0.992. The highest BCUT2D eigenvalue weighted by atomic mass is 16.2. The fourth-order valence-electron chi connectivity index (χ4n) is 3.86. The molecule has 2 aromatic carbocycles. The van der Waals surface area contributed by atoms with E-state index in [2.05, 4.69) is 34.5 Å². The molecule has 2 heterocycles. The summed E-state index contributed by atoms with van der Waals surface area (Å²) in [6, 6.07) is 16.0. The first-order valence-corrected chi connectivity index (χ1v) is 8.63. The second-order valence-electron chi connectivity index (χ2n) is 6.69. The van der Waals surface area contributed by atoms with Gasteiger partial charge in [0.25, 0.3) is 5.91 Å². The van der Waals surface area contributed by atoms with E-state index in [9.17, 15) is 9.59 Å². The van der Waals surface area contributed by atoms with Gasteiger partial charge in [-0.1, -0.05) is 24.3 Å². The number of para-hydroxylation sites is 1. The van der Waals surface area contributed by atoms with Crippen molar-refractivity contribution in [1.29, 1.82) is 0 Å². The Kier molecular flexibility index (Phi) is 3.92. The molecule has 1 unspecified atom stereocenters. The number of hydrogen-bond acceptors (Lipinski definition) is 3. The van der Waals surface area contributed by atoms with Gasteiger partial charge in [-0.05, 0) is 36.2 Å². The van der Waals surface area contributed by atoms with Gasteiger partial charge in [-0.3, -0.25) is 9.59 Å². The third kappa shape index (κ3) is 2.97. The molecule has 4 rings (SSSR count). The maximum Gasteiger partial charge on any atom is 0.254 e. The fraction of sp³-hybridized carbons (Fsp3) is 0.300. The van der Waals surface area contributed by atoms with E-state index in [1.165, 1.54) is 18.2 Å². The van der Waals surface area contributed by atoms with Crippen molar-refractivity contribution in [2.45, 2.75) is 19.4 Å². The Morgan fingerprint density at radius 3 is 2.76 bits per heavy atom. The van der Waals surface area contributed by atoms with Crippen LogP contribution in [0.4, 0.5) is 11.4 Å². The van der Waals surface area contributed by atoms with E-state index in [0.717, 1.165) is 19.5 Å². The van der Waals surface area contributed by atoms with Crippen molar-refractivity contribution in [2.24, 2.45) is 0 Å². The molecule has 2 amide bonds. The summed E-state index contributed by atoms with van der Waals surface area (Å²) in [7, 11) is 0. The third-order valence-electron chi connectivity index (χ3n) is 4.96. The largest absolute Gasteiger partial charge is 0.364 e. The molecule has 1 atom stereocenters. The monoisotopic (exact) mass is 335 g/mol. The van der Waals surface area contributed by atoms with Gasteiger partial charge in [0.05, 0.1) is 6.04 Å². The molecule has 0 saturated carbocycles. The van der Waals surface area contributed by atoms with Crippen LogP contribution in [0, 0.1) is 0 Å². The molecule has 1 N–H and O–H groups in total. The zero-order chi connectivity index (χ0) is 17.4. The third-order valence-corrected chi connectivity index (χ3v) is 4.96. The van der Waals surface area contributed by atoms with Crippen molar-refractivity contribution in [3.05, 3.63) is 59.7 Å². The lowest BCUT2D eigenvalue weighted by Gasteiger charge is -2.39. The number of hydrogen-bond donors (Lipinski definition) is 1. The Morgan fingerprint density at radius 1 is 1.08 bits per heavy atom. The summed E-state index contributed by atoms with van der Waals surface area (Å²) in [5, 5.41) is 2.73. The summed E-state index contributed by atoms with van der Waals surface area (Å²) in [5.74, 6) is -0.107. The topological polar surface area (TPSA) is 52.7 Å². The minimum Gasteiger partial charge on any atom is -0.364 e. The molecule has 1 fully saturated rings. The van der Waals surface area contributed by atoms with Gasteiger partial charge in [0.2, 0.25) is 5.91 Å². The second-order valence-corrected chi connectivity index (χ2v) is 6.69. The Balaban J connectivity index is 1.49. The summed E-state index contributed by atoms with van der Waals surface area (Å²) in [4.78, 5) is 28.5. The molecule has 5 heteroatoms. The fourth-order valence-corrected chi connectivity index (χ4v) is 3.86. The van der Waals surface area contributed by atoms with Crippen molar-refractivity contribution in [1.82, 2.24) is 4.90 Å². The number of piperazine rings is 1. The van der Waals surface area contributed by atoms with Crippen molar-refractivity contribution < 1.29 is 9.59 Å². The van der Waals surface area contributed by atoms with E-state index in [4.69, 9.17) is 0 Å². The van der Waals surface area contributed by atoms with Crippen LogP contribution in [0.25, 0.3) is 0 Å². The maximum absolute atomic E-state index is 12.9. The minimum absolute atomic E-state index is 0.0304. The van der Waals surface area contributed by atoms with Gasteiger partial charge in [0.15, 0.2) is 0 Å². The van der Waals surface area contributed by atoms with Crippen molar-refractivity contribution >= 4 is 23.2 Å². The van der Waals surface area contributed by atoms with Crippen LogP contribution in [-0.4, -0.2) is 42.4 Å². The first kappa shape index (κ1) is 15.7. The summed E-state index contributed by atoms with van der Waals surface area (Å²) in [5.41, 5.74) is 3.96. The van der Waals surface area contributed by atoms with E-state index < -0.39 is 0 Å². The highest BCUT2D eigenvalue weighted by Crippen LogP contribution is 2.34. The molecule has 1 saturated heterocycles. The highest BCUT2D eigenvalue weighted by Gasteiger charge is 2.35. The van der Waals surface area contributed by atoms with E-state index in [1.807, 2.05) is 11.0 Å². The summed E-state index contributed by atoms with van der Waals surface area (Å²) < 4.78 is 0. The molecule has 2 aliphatic heterocycles. The van der Waals surface area contributed by atoms with Gasteiger partial charge in [-0.15, -0.1) is 0 Å². The molecule has 2 aliphatic rings. The standard InChI is InChI=1S/C20H21N3O2/c1-14(24)21-17-7-4-6-16(11-17)20(25)22-9-10-23-18(13-22)12-15-5-2-3-8-19(15)23/h2-8,11,18H,9-10,12-13H2,1H3,(H,21,24). The molecule has 0 spiro atoms. The zero-order valence-electron chi connectivity index (χ0n) is 14.2. The average molecular weight is 335 g/mol. The predicted octanol–water partition coefficient (Wildman–Crippen LogP) is 2.53.